The van der Waals surface area contributed by atoms with Crippen LogP contribution in [0.1, 0.15) is 6.42 Å². The number of rotatable bonds is 6. The number of alkyl halides is 1. The Morgan fingerprint density at radius 2 is 2.33 bits per heavy atom. The smallest absolute Gasteiger partial charge is 0.0945 e. The number of hydrogen-bond acceptors (Lipinski definition) is 2. The highest BCUT2D eigenvalue weighted by atomic mass is 35.5. The van der Waals surface area contributed by atoms with Gasteiger partial charge in [-0.05, 0) is 13.0 Å². The van der Waals surface area contributed by atoms with Gasteiger partial charge in [-0.25, -0.2) is 4.98 Å². The van der Waals surface area contributed by atoms with Gasteiger partial charge in [-0.15, -0.1) is 11.6 Å². The average molecular weight is 188 g/mol. The summed E-state index contributed by atoms with van der Waals surface area (Å²) in [6.45, 7) is 2.94. The first-order valence-electron chi connectivity index (χ1n) is 4.16. The molecule has 1 rings (SSSR count). The Bertz CT molecular complexity index is 186. The fourth-order valence-corrected chi connectivity index (χ4v) is 1.13. The van der Waals surface area contributed by atoms with Crippen LogP contribution in [-0.2, 0) is 6.54 Å². The van der Waals surface area contributed by atoms with E-state index in [1.807, 2.05) is 12.5 Å². The van der Waals surface area contributed by atoms with Gasteiger partial charge in [0.15, 0.2) is 0 Å². The molecule has 0 aliphatic rings. The molecule has 1 aromatic heterocycles. The first-order valence-corrected chi connectivity index (χ1v) is 4.69. The van der Waals surface area contributed by atoms with Crippen molar-refractivity contribution in [3.63, 3.8) is 0 Å². The van der Waals surface area contributed by atoms with Crippen molar-refractivity contribution >= 4 is 11.6 Å². The highest BCUT2D eigenvalue weighted by Gasteiger charge is 1.89. The molecule has 4 heteroatoms. The van der Waals surface area contributed by atoms with Gasteiger partial charge in [0.1, 0.15) is 0 Å². The van der Waals surface area contributed by atoms with Gasteiger partial charge < -0.3 is 9.88 Å². The molecule has 0 saturated carbocycles. The number of hydrogen-bond donors (Lipinski definition) is 1. The summed E-state index contributed by atoms with van der Waals surface area (Å²) in [7, 11) is 0. The zero-order valence-electron chi connectivity index (χ0n) is 7.04. The molecule has 0 saturated heterocycles. The summed E-state index contributed by atoms with van der Waals surface area (Å²) in [5.41, 5.74) is 0. The minimum absolute atomic E-state index is 0.686. The maximum atomic E-state index is 5.50. The molecule has 0 fully saturated rings. The summed E-state index contributed by atoms with van der Waals surface area (Å²) in [4.78, 5) is 3.96. The Kier molecular flexibility index (Phi) is 4.80. The molecular formula is C8H14ClN3. The fourth-order valence-electron chi connectivity index (χ4n) is 0.997. The Morgan fingerprint density at radius 3 is 3.00 bits per heavy atom. The quantitative estimate of drug-likeness (QED) is 0.534. The minimum atomic E-state index is 0.686. The van der Waals surface area contributed by atoms with Crippen molar-refractivity contribution in [3.8, 4) is 0 Å². The Hall–Kier alpha value is -0.540. The zero-order valence-corrected chi connectivity index (χ0v) is 7.80. The number of aryl methyl sites for hydroxylation is 1. The van der Waals surface area contributed by atoms with Crippen molar-refractivity contribution in [3.05, 3.63) is 18.7 Å². The Labute approximate surface area is 77.7 Å². The second kappa shape index (κ2) is 6.03. The van der Waals surface area contributed by atoms with E-state index in [1.54, 1.807) is 6.20 Å². The van der Waals surface area contributed by atoms with Gasteiger partial charge in [-0.1, -0.05) is 0 Å². The van der Waals surface area contributed by atoms with Crippen molar-refractivity contribution < 1.29 is 0 Å². The molecule has 0 radical (unpaired) electrons. The molecule has 3 nitrogen and oxygen atoms in total. The summed E-state index contributed by atoms with van der Waals surface area (Å²) in [6.07, 6.45) is 6.72. The predicted octanol–water partition coefficient (Wildman–Crippen LogP) is 1.10. The summed E-state index contributed by atoms with van der Waals surface area (Å²) in [6, 6.07) is 0. The normalized spacial score (nSPS) is 10.4. The maximum absolute atomic E-state index is 5.50. The molecule has 0 aliphatic carbocycles. The lowest BCUT2D eigenvalue weighted by atomic mass is 10.4. The first-order chi connectivity index (χ1) is 5.93. The number of aromatic nitrogens is 2. The highest BCUT2D eigenvalue weighted by molar-refractivity contribution is 6.18. The van der Waals surface area contributed by atoms with Crippen LogP contribution >= 0.6 is 11.6 Å². The van der Waals surface area contributed by atoms with Crippen LogP contribution in [0.5, 0.6) is 0 Å². The standard InChI is InChI=1S/C8H14ClN3/c9-2-4-10-3-1-6-12-7-5-11-8-12/h5,7-8,10H,1-4,6H2. The molecule has 0 aromatic carbocycles. The van der Waals surface area contributed by atoms with Crippen LogP contribution in [0.15, 0.2) is 18.7 Å². The van der Waals surface area contributed by atoms with E-state index in [-0.39, 0.29) is 0 Å². The molecule has 68 valence electrons. The number of halogens is 1. The Balaban J connectivity index is 1.96. The maximum Gasteiger partial charge on any atom is 0.0945 e. The molecule has 1 aromatic rings. The van der Waals surface area contributed by atoms with E-state index in [4.69, 9.17) is 11.6 Å². The molecule has 0 atom stereocenters. The van der Waals surface area contributed by atoms with Crippen LogP contribution < -0.4 is 5.32 Å². The van der Waals surface area contributed by atoms with Gasteiger partial charge in [0.05, 0.1) is 6.33 Å². The van der Waals surface area contributed by atoms with Gasteiger partial charge in [0.2, 0.25) is 0 Å². The second-order valence-corrected chi connectivity index (χ2v) is 2.97. The third-order valence-electron chi connectivity index (χ3n) is 1.60. The number of nitrogens with zero attached hydrogens (tertiary/aromatic N) is 2. The monoisotopic (exact) mass is 187 g/mol. The van der Waals surface area contributed by atoms with Crippen LogP contribution in [0.3, 0.4) is 0 Å². The van der Waals surface area contributed by atoms with Crippen molar-refractivity contribution in [2.75, 3.05) is 19.0 Å². The van der Waals surface area contributed by atoms with E-state index in [1.165, 1.54) is 0 Å². The summed E-state index contributed by atoms with van der Waals surface area (Å²) < 4.78 is 2.07. The van der Waals surface area contributed by atoms with Crippen LogP contribution in [-0.4, -0.2) is 28.5 Å². The molecule has 1 N–H and O–H groups in total. The van der Waals surface area contributed by atoms with E-state index in [0.29, 0.717) is 5.88 Å². The van der Waals surface area contributed by atoms with E-state index in [2.05, 4.69) is 14.9 Å². The van der Waals surface area contributed by atoms with Crippen molar-refractivity contribution in [2.45, 2.75) is 13.0 Å². The van der Waals surface area contributed by atoms with Crippen LogP contribution in [0, 0.1) is 0 Å². The molecule has 0 spiro atoms. The van der Waals surface area contributed by atoms with Crippen LogP contribution in [0.25, 0.3) is 0 Å². The average Bonchev–Trinajstić information content (AvgIpc) is 2.57. The number of nitrogens with one attached hydrogen (secondary N) is 1. The lowest BCUT2D eigenvalue weighted by Gasteiger charge is -2.02. The van der Waals surface area contributed by atoms with Gasteiger partial charge in [-0.3, -0.25) is 0 Å². The lowest BCUT2D eigenvalue weighted by Crippen LogP contribution is -2.18. The summed E-state index contributed by atoms with van der Waals surface area (Å²) in [5.74, 6) is 0.686. The van der Waals surface area contributed by atoms with Crippen LogP contribution in [0.4, 0.5) is 0 Å². The van der Waals surface area contributed by atoms with Crippen molar-refractivity contribution in [1.29, 1.82) is 0 Å². The van der Waals surface area contributed by atoms with E-state index in [9.17, 15) is 0 Å². The number of imidazole rings is 1. The zero-order chi connectivity index (χ0) is 8.65. The van der Waals surface area contributed by atoms with Gasteiger partial charge in [0.25, 0.3) is 0 Å². The molecule has 0 amide bonds. The highest BCUT2D eigenvalue weighted by Crippen LogP contribution is 1.88. The SMILES string of the molecule is ClCCNCCCn1ccnc1. The third kappa shape index (κ3) is 3.74. The predicted molar refractivity (Wildman–Crippen MR) is 50.4 cm³/mol. The lowest BCUT2D eigenvalue weighted by molar-refractivity contribution is 0.593. The van der Waals surface area contributed by atoms with E-state index in [0.717, 1.165) is 26.1 Å². The fraction of sp³-hybridized carbons (Fsp3) is 0.625. The van der Waals surface area contributed by atoms with Crippen LogP contribution in [0.2, 0.25) is 0 Å². The van der Waals surface area contributed by atoms with Crippen molar-refractivity contribution in [2.24, 2.45) is 0 Å². The molecule has 0 aliphatic heterocycles. The largest absolute Gasteiger partial charge is 0.337 e. The van der Waals surface area contributed by atoms with E-state index >= 15 is 0 Å². The first kappa shape index (κ1) is 9.55. The Morgan fingerprint density at radius 1 is 1.42 bits per heavy atom. The molecule has 0 unspecified atom stereocenters. The van der Waals surface area contributed by atoms with Gasteiger partial charge >= 0.3 is 0 Å². The topological polar surface area (TPSA) is 29.9 Å². The van der Waals surface area contributed by atoms with E-state index < -0.39 is 0 Å². The minimum Gasteiger partial charge on any atom is -0.337 e. The molecule has 1 heterocycles. The van der Waals surface area contributed by atoms with Crippen molar-refractivity contribution in [1.82, 2.24) is 14.9 Å². The molecular weight excluding hydrogens is 174 g/mol. The summed E-state index contributed by atoms with van der Waals surface area (Å²) >= 11 is 5.50. The van der Waals surface area contributed by atoms with Gasteiger partial charge in [0, 0.05) is 31.4 Å². The molecule has 0 bridgehead atoms. The third-order valence-corrected chi connectivity index (χ3v) is 1.79. The second-order valence-electron chi connectivity index (χ2n) is 2.59. The molecule has 12 heavy (non-hydrogen) atoms. The van der Waals surface area contributed by atoms with Gasteiger partial charge in [-0.2, -0.15) is 0 Å². The summed E-state index contributed by atoms with van der Waals surface area (Å²) in [5, 5.41) is 3.23.